The Morgan fingerprint density at radius 3 is 2.30 bits per heavy atom. The first-order valence-electron chi connectivity index (χ1n) is 7.80. The van der Waals surface area contributed by atoms with Gasteiger partial charge in [0.1, 0.15) is 0 Å². The maximum atomic E-state index is 12.7. The maximum absolute atomic E-state index is 12.7. The van der Waals surface area contributed by atoms with E-state index in [-0.39, 0.29) is 18.6 Å². The van der Waals surface area contributed by atoms with Crippen LogP contribution in [0.5, 0.6) is 0 Å². The molecule has 0 aromatic heterocycles. The number of nitrogens with zero attached hydrogens (tertiary/aromatic N) is 2. The topological polar surface area (TPSA) is 60.9 Å². The molecular formula is C14H28N2O3S. The molecule has 2 fully saturated rings. The Balaban J connectivity index is 2.02. The smallest absolute Gasteiger partial charge is 0.281 e. The molecule has 6 heteroatoms. The van der Waals surface area contributed by atoms with Crippen molar-refractivity contribution in [1.29, 1.82) is 0 Å². The van der Waals surface area contributed by atoms with E-state index < -0.39 is 10.2 Å². The second-order valence-electron chi connectivity index (χ2n) is 6.38. The van der Waals surface area contributed by atoms with Crippen LogP contribution in [0.1, 0.15) is 45.4 Å². The highest BCUT2D eigenvalue weighted by Gasteiger charge is 2.37. The molecular weight excluding hydrogens is 276 g/mol. The van der Waals surface area contributed by atoms with Gasteiger partial charge >= 0.3 is 0 Å². The molecule has 1 heterocycles. The summed E-state index contributed by atoms with van der Waals surface area (Å²) >= 11 is 0. The molecule has 1 N–H and O–H groups in total. The lowest BCUT2D eigenvalue weighted by Gasteiger charge is -2.39. The molecule has 2 atom stereocenters. The van der Waals surface area contributed by atoms with Crippen LogP contribution in [0, 0.1) is 11.8 Å². The van der Waals surface area contributed by atoms with Crippen LogP contribution in [0.2, 0.25) is 0 Å². The molecule has 1 saturated heterocycles. The predicted octanol–water partition coefficient (Wildman–Crippen LogP) is 1.45. The van der Waals surface area contributed by atoms with E-state index in [1.807, 2.05) is 0 Å². The highest BCUT2D eigenvalue weighted by Crippen LogP contribution is 2.30. The second kappa shape index (κ2) is 6.73. The predicted molar refractivity (Wildman–Crippen MR) is 79.5 cm³/mol. The van der Waals surface area contributed by atoms with Gasteiger partial charge < -0.3 is 5.11 Å². The van der Waals surface area contributed by atoms with E-state index in [4.69, 9.17) is 5.11 Å². The van der Waals surface area contributed by atoms with Crippen LogP contribution in [0.25, 0.3) is 0 Å². The Morgan fingerprint density at radius 2 is 1.75 bits per heavy atom. The third kappa shape index (κ3) is 3.35. The van der Waals surface area contributed by atoms with Crippen molar-refractivity contribution in [2.75, 3.05) is 26.7 Å². The Morgan fingerprint density at radius 1 is 1.15 bits per heavy atom. The summed E-state index contributed by atoms with van der Waals surface area (Å²) in [6, 6.07) is 0.143. The van der Waals surface area contributed by atoms with Gasteiger partial charge in [-0.2, -0.15) is 17.0 Å². The normalized spacial score (nSPS) is 30.8. The molecule has 20 heavy (non-hydrogen) atoms. The van der Waals surface area contributed by atoms with Crippen LogP contribution in [-0.2, 0) is 10.2 Å². The van der Waals surface area contributed by atoms with Gasteiger partial charge in [0.25, 0.3) is 10.2 Å². The largest absolute Gasteiger partial charge is 0.396 e. The van der Waals surface area contributed by atoms with Gasteiger partial charge in [-0.15, -0.1) is 0 Å². The minimum atomic E-state index is -3.34. The van der Waals surface area contributed by atoms with Gasteiger partial charge in [-0.05, 0) is 37.5 Å². The van der Waals surface area contributed by atoms with Gasteiger partial charge in [-0.3, -0.25) is 0 Å². The molecule has 0 amide bonds. The quantitative estimate of drug-likeness (QED) is 0.855. The molecule has 2 unspecified atom stereocenters. The highest BCUT2D eigenvalue weighted by molar-refractivity contribution is 7.86. The molecule has 118 valence electrons. The zero-order chi connectivity index (χ0) is 14.8. The molecule has 2 rings (SSSR count). The molecule has 1 aliphatic heterocycles. The first kappa shape index (κ1) is 16.2. The third-order valence-corrected chi connectivity index (χ3v) is 7.07. The van der Waals surface area contributed by atoms with Crippen molar-refractivity contribution in [3.8, 4) is 0 Å². The fourth-order valence-electron chi connectivity index (χ4n) is 3.51. The molecule has 1 saturated carbocycles. The van der Waals surface area contributed by atoms with Gasteiger partial charge in [-0.1, -0.05) is 19.8 Å². The van der Waals surface area contributed by atoms with Gasteiger partial charge in [-0.25, -0.2) is 0 Å². The summed E-state index contributed by atoms with van der Waals surface area (Å²) in [6.45, 7) is 3.41. The summed E-state index contributed by atoms with van der Waals surface area (Å²) in [5, 5.41) is 9.15. The number of hydrogen-bond donors (Lipinski definition) is 1. The number of aliphatic hydroxyl groups is 1. The van der Waals surface area contributed by atoms with Crippen LogP contribution in [0.3, 0.4) is 0 Å². The summed E-state index contributed by atoms with van der Waals surface area (Å²) in [5.41, 5.74) is 0. The van der Waals surface area contributed by atoms with Crippen LogP contribution in [0.15, 0.2) is 0 Å². The first-order valence-corrected chi connectivity index (χ1v) is 9.20. The van der Waals surface area contributed by atoms with Crippen molar-refractivity contribution in [2.24, 2.45) is 11.8 Å². The van der Waals surface area contributed by atoms with Crippen LogP contribution < -0.4 is 0 Å². The maximum Gasteiger partial charge on any atom is 0.281 e. The second-order valence-corrected chi connectivity index (χ2v) is 8.37. The van der Waals surface area contributed by atoms with Crippen molar-refractivity contribution in [3.63, 3.8) is 0 Å². The van der Waals surface area contributed by atoms with Crippen LogP contribution >= 0.6 is 0 Å². The van der Waals surface area contributed by atoms with Crippen LogP contribution in [0.4, 0.5) is 0 Å². The average Bonchev–Trinajstić information content (AvgIpc) is 2.47. The monoisotopic (exact) mass is 304 g/mol. The number of aliphatic hydroxyl groups excluding tert-OH is 1. The van der Waals surface area contributed by atoms with Crippen LogP contribution in [-0.4, -0.2) is 54.9 Å². The van der Waals surface area contributed by atoms with Gasteiger partial charge in [0.05, 0.1) is 0 Å². The van der Waals surface area contributed by atoms with E-state index in [0.717, 1.165) is 32.1 Å². The van der Waals surface area contributed by atoms with Gasteiger partial charge in [0.15, 0.2) is 0 Å². The lowest BCUT2D eigenvalue weighted by Crippen LogP contribution is -2.51. The zero-order valence-corrected chi connectivity index (χ0v) is 13.5. The molecule has 0 aromatic rings. The van der Waals surface area contributed by atoms with Crippen molar-refractivity contribution in [2.45, 2.75) is 51.5 Å². The minimum Gasteiger partial charge on any atom is -0.396 e. The summed E-state index contributed by atoms with van der Waals surface area (Å²) in [6.07, 6.45) is 5.98. The van der Waals surface area contributed by atoms with Crippen molar-refractivity contribution >= 4 is 10.2 Å². The lowest BCUT2D eigenvalue weighted by molar-refractivity contribution is 0.158. The fourth-order valence-corrected chi connectivity index (χ4v) is 5.20. The summed E-state index contributed by atoms with van der Waals surface area (Å²) in [7, 11) is -1.61. The molecule has 0 radical (unpaired) electrons. The molecule has 1 aliphatic carbocycles. The van der Waals surface area contributed by atoms with E-state index in [2.05, 4.69) is 6.92 Å². The minimum absolute atomic E-state index is 0.143. The molecule has 5 nitrogen and oxygen atoms in total. The molecule has 0 spiro atoms. The zero-order valence-electron chi connectivity index (χ0n) is 12.7. The SMILES string of the molecule is CC1CCCCC1N(C)S(=O)(=O)N1CCC(CO)CC1. The average molecular weight is 304 g/mol. The summed E-state index contributed by atoms with van der Waals surface area (Å²) < 4.78 is 28.6. The molecule has 0 bridgehead atoms. The molecule has 2 aliphatic rings. The third-order valence-electron chi connectivity index (χ3n) is 5.06. The van der Waals surface area contributed by atoms with Crippen molar-refractivity contribution in [3.05, 3.63) is 0 Å². The van der Waals surface area contributed by atoms with Crippen molar-refractivity contribution < 1.29 is 13.5 Å². The Bertz CT molecular complexity index is 405. The van der Waals surface area contributed by atoms with E-state index in [1.165, 1.54) is 6.42 Å². The summed E-state index contributed by atoms with van der Waals surface area (Å²) in [5.74, 6) is 0.707. The van der Waals surface area contributed by atoms with E-state index in [1.54, 1.807) is 15.7 Å². The van der Waals surface area contributed by atoms with Gasteiger partial charge in [0, 0.05) is 32.8 Å². The summed E-state index contributed by atoms with van der Waals surface area (Å²) in [4.78, 5) is 0. The Kier molecular flexibility index (Phi) is 5.45. The van der Waals surface area contributed by atoms with E-state index >= 15 is 0 Å². The lowest BCUT2D eigenvalue weighted by atomic mass is 9.86. The Hall–Kier alpha value is -0.170. The Labute approximate surface area is 123 Å². The van der Waals surface area contributed by atoms with E-state index in [9.17, 15) is 8.42 Å². The van der Waals surface area contributed by atoms with E-state index in [0.29, 0.717) is 19.0 Å². The number of hydrogen-bond acceptors (Lipinski definition) is 3. The standard InChI is InChI=1S/C14H28N2O3S/c1-12-5-3-4-6-14(12)15(2)20(18,19)16-9-7-13(11-17)8-10-16/h12-14,17H,3-11H2,1-2H3. The number of piperidine rings is 1. The van der Waals surface area contributed by atoms with Gasteiger partial charge in [0.2, 0.25) is 0 Å². The first-order chi connectivity index (χ1) is 9.46. The fraction of sp³-hybridized carbons (Fsp3) is 1.00. The highest BCUT2D eigenvalue weighted by atomic mass is 32.2. The molecule has 0 aromatic carbocycles. The number of rotatable bonds is 4. The van der Waals surface area contributed by atoms with Crippen molar-refractivity contribution in [1.82, 2.24) is 8.61 Å².